The minimum absolute atomic E-state index is 0.157. The van der Waals surface area contributed by atoms with Gasteiger partial charge in [-0.15, -0.1) is 0 Å². The van der Waals surface area contributed by atoms with Crippen LogP contribution >= 0.6 is 0 Å². The maximum Gasteiger partial charge on any atom is 0.411 e. The summed E-state index contributed by atoms with van der Waals surface area (Å²) in [5.41, 5.74) is 12.4. The van der Waals surface area contributed by atoms with E-state index in [1.54, 1.807) is 13.0 Å². The van der Waals surface area contributed by atoms with E-state index in [1.807, 2.05) is 6.92 Å². The van der Waals surface area contributed by atoms with E-state index in [9.17, 15) is 9.18 Å². The van der Waals surface area contributed by atoms with Crippen LogP contribution in [0.4, 0.5) is 9.18 Å². The SMILES string of the molecule is C=C(c1c(F)ccc(C)c1C)[C@H](N)C(=N)OC(N)=O. The van der Waals surface area contributed by atoms with Crippen molar-refractivity contribution in [3.8, 4) is 0 Å². The van der Waals surface area contributed by atoms with Crippen molar-refractivity contribution in [1.82, 2.24) is 0 Å². The van der Waals surface area contributed by atoms with Crippen LogP contribution in [0.3, 0.4) is 0 Å². The lowest BCUT2D eigenvalue weighted by atomic mass is 9.93. The van der Waals surface area contributed by atoms with Gasteiger partial charge in [0, 0.05) is 5.56 Å². The molecule has 0 fully saturated rings. The number of hydrogen-bond donors (Lipinski definition) is 3. The number of benzene rings is 1. The number of carbonyl (C=O) groups is 1. The molecule has 0 aliphatic heterocycles. The Labute approximate surface area is 110 Å². The van der Waals surface area contributed by atoms with Gasteiger partial charge in [0.15, 0.2) is 0 Å². The highest BCUT2D eigenvalue weighted by molar-refractivity contribution is 5.98. The number of hydrogen-bond acceptors (Lipinski definition) is 4. The fourth-order valence-corrected chi connectivity index (χ4v) is 1.66. The standard InChI is InChI=1S/C13H16FN3O2/c1-6-4-5-9(14)10(7(6)2)8(3)11(15)12(16)19-13(17)18/h4-5,11,16H,3,15H2,1-2H3,(H2,17,18)/t11-/m0/s1. The Morgan fingerprint density at radius 1 is 1.47 bits per heavy atom. The molecule has 0 saturated heterocycles. The lowest BCUT2D eigenvalue weighted by Crippen LogP contribution is -2.35. The number of rotatable bonds is 3. The van der Waals surface area contributed by atoms with Gasteiger partial charge in [-0.05, 0) is 36.6 Å². The van der Waals surface area contributed by atoms with E-state index in [2.05, 4.69) is 11.3 Å². The molecule has 5 N–H and O–H groups in total. The quantitative estimate of drug-likeness (QED) is 0.574. The van der Waals surface area contributed by atoms with Crippen LogP contribution in [0.5, 0.6) is 0 Å². The summed E-state index contributed by atoms with van der Waals surface area (Å²) in [4.78, 5) is 10.6. The molecule has 5 nitrogen and oxygen atoms in total. The second-order valence-corrected chi connectivity index (χ2v) is 4.15. The summed E-state index contributed by atoms with van der Waals surface area (Å²) >= 11 is 0. The number of nitrogens with two attached hydrogens (primary N) is 2. The zero-order valence-electron chi connectivity index (χ0n) is 10.8. The maximum atomic E-state index is 13.8. The fraction of sp³-hybridized carbons (Fsp3) is 0.231. The number of aryl methyl sites for hydroxylation is 1. The molecule has 1 aromatic rings. The van der Waals surface area contributed by atoms with Crippen molar-refractivity contribution in [2.45, 2.75) is 19.9 Å². The predicted molar refractivity (Wildman–Crippen MR) is 71.3 cm³/mol. The summed E-state index contributed by atoms with van der Waals surface area (Å²) in [5.74, 6) is -1.06. The van der Waals surface area contributed by atoms with E-state index in [-0.39, 0.29) is 11.1 Å². The summed E-state index contributed by atoms with van der Waals surface area (Å²) in [6.07, 6.45) is -1.14. The normalized spacial score (nSPS) is 11.8. The van der Waals surface area contributed by atoms with Crippen molar-refractivity contribution in [2.75, 3.05) is 0 Å². The van der Waals surface area contributed by atoms with Crippen molar-refractivity contribution < 1.29 is 13.9 Å². The van der Waals surface area contributed by atoms with E-state index in [4.69, 9.17) is 16.9 Å². The minimum atomic E-state index is -1.14. The van der Waals surface area contributed by atoms with Crippen LogP contribution in [0.2, 0.25) is 0 Å². The Bertz CT molecular complexity index is 555. The monoisotopic (exact) mass is 265 g/mol. The van der Waals surface area contributed by atoms with E-state index < -0.39 is 23.9 Å². The molecule has 1 amide bonds. The summed E-state index contributed by atoms with van der Waals surface area (Å²) in [7, 11) is 0. The molecule has 0 aromatic heterocycles. The van der Waals surface area contributed by atoms with Crippen molar-refractivity contribution in [2.24, 2.45) is 11.5 Å². The van der Waals surface area contributed by atoms with Gasteiger partial charge >= 0.3 is 6.09 Å². The summed E-state index contributed by atoms with van der Waals surface area (Å²) < 4.78 is 18.2. The largest absolute Gasteiger partial charge is 0.411 e. The molecule has 6 heteroatoms. The zero-order chi connectivity index (χ0) is 14.7. The van der Waals surface area contributed by atoms with Crippen molar-refractivity contribution in [3.63, 3.8) is 0 Å². The van der Waals surface area contributed by atoms with Gasteiger partial charge in [0.1, 0.15) is 11.9 Å². The molecule has 19 heavy (non-hydrogen) atoms. The van der Waals surface area contributed by atoms with Gasteiger partial charge in [-0.3, -0.25) is 5.41 Å². The van der Waals surface area contributed by atoms with Crippen molar-refractivity contribution in [1.29, 1.82) is 5.41 Å². The third-order valence-corrected chi connectivity index (χ3v) is 2.87. The Morgan fingerprint density at radius 2 is 2.05 bits per heavy atom. The molecule has 0 saturated carbocycles. The smallest absolute Gasteiger partial charge is 0.394 e. The molecule has 0 heterocycles. The summed E-state index contributed by atoms with van der Waals surface area (Å²) in [6.45, 7) is 7.23. The number of halogens is 1. The van der Waals surface area contributed by atoms with Crippen LogP contribution < -0.4 is 11.5 Å². The third-order valence-electron chi connectivity index (χ3n) is 2.87. The Morgan fingerprint density at radius 3 is 2.58 bits per heavy atom. The lowest BCUT2D eigenvalue weighted by Gasteiger charge is -2.18. The van der Waals surface area contributed by atoms with Gasteiger partial charge in [-0.2, -0.15) is 0 Å². The Kier molecular flexibility index (Phi) is 4.39. The second kappa shape index (κ2) is 5.62. The summed E-state index contributed by atoms with van der Waals surface area (Å²) in [6, 6.07) is 1.80. The number of amides is 1. The highest BCUT2D eigenvalue weighted by Gasteiger charge is 2.22. The average Bonchev–Trinajstić information content (AvgIpc) is 2.32. The number of primary amides is 1. The first kappa shape index (κ1) is 14.8. The number of carbonyl (C=O) groups excluding carboxylic acids is 1. The van der Waals surface area contributed by atoms with E-state index in [1.165, 1.54) is 6.07 Å². The topological polar surface area (TPSA) is 102 Å². The predicted octanol–water partition coefficient (Wildman–Crippen LogP) is 1.86. The van der Waals surface area contributed by atoms with E-state index in [0.717, 1.165) is 5.56 Å². The zero-order valence-corrected chi connectivity index (χ0v) is 10.8. The molecule has 0 radical (unpaired) electrons. The molecular weight excluding hydrogens is 249 g/mol. The number of ether oxygens (including phenoxy) is 1. The molecule has 0 bridgehead atoms. The molecule has 1 rings (SSSR count). The van der Waals surface area contributed by atoms with Crippen LogP contribution in [0.25, 0.3) is 5.57 Å². The second-order valence-electron chi connectivity index (χ2n) is 4.15. The molecular formula is C13H16FN3O2. The molecule has 0 unspecified atom stereocenters. The van der Waals surface area contributed by atoms with Crippen LogP contribution in [-0.2, 0) is 4.74 Å². The van der Waals surface area contributed by atoms with Crippen LogP contribution in [0.1, 0.15) is 16.7 Å². The highest BCUT2D eigenvalue weighted by Crippen LogP contribution is 2.25. The first-order valence-corrected chi connectivity index (χ1v) is 5.51. The van der Waals surface area contributed by atoms with Gasteiger partial charge in [-0.1, -0.05) is 12.6 Å². The maximum absolute atomic E-state index is 13.8. The van der Waals surface area contributed by atoms with Crippen LogP contribution in [0, 0.1) is 25.1 Å². The molecule has 102 valence electrons. The van der Waals surface area contributed by atoms with E-state index in [0.29, 0.717) is 5.56 Å². The average molecular weight is 265 g/mol. The molecule has 1 aromatic carbocycles. The molecule has 0 aliphatic carbocycles. The number of nitrogens with one attached hydrogen (secondary N) is 1. The van der Waals surface area contributed by atoms with Gasteiger partial charge in [-0.25, -0.2) is 9.18 Å². The summed E-state index contributed by atoms with van der Waals surface area (Å²) in [5, 5.41) is 7.47. The van der Waals surface area contributed by atoms with Gasteiger partial charge in [0.05, 0.1) is 0 Å². The van der Waals surface area contributed by atoms with Crippen LogP contribution in [-0.4, -0.2) is 18.0 Å². The fourth-order valence-electron chi connectivity index (χ4n) is 1.66. The van der Waals surface area contributed by atoms with Crippen molar-refractivity contribution in [3.05, 3.63) is 41.2 Å². The highest BCUT2D eigenvalue weighted by atomic mass is 19.1. The molecule has 0 spiro atoms. The third kappa shape index (κ3) is 3.17. The Balaban J connectivity index is 3.11. The van der Waals surface area contributed by atoms with Crippen LogP contribution in [0.15, 0.2) is 18.7 Å². The molecule has 0 aliphatic rings. The van der Waals surface area contributed by atoms with Gasteiger partial charge in [0.2, 0.25) is 5.90 Å². The Hall–Kier alpha value is -2.21. The lowest BCUT2D eigenvalue weighted by molar-refractivity contribution is 0.206. The molecule has 1 atom stereocenters. The first-order valence-electron chi connectivity index (χ1n) is 5.51. The van der Waals surface area contributed by atoms with Crippen molar-refractivity contribution >= 4 is 17.6 Å². The minimum Gasteiger partial charge on any atom is -0.394 e. The first-order chi connectivity index (χ1) is 8.75. The van der Waals surface area contributed by atoms with Gasteiger partial charge in [0.25, 0.3) is 0 Å². The van der Waals surface area contributed by atoms with Gasteiger partial charge < -0.3 is 16.2 Å². The van der Waals surface area contributed by atoms with E-state index >= 15 is 0 Å².